The molecule has 0 radical (unpaired) electrons. The van der Waals surface area contributed by atoms with Gasteiger partial charge in [-0.1, -0.05) is 26.8 Å². The first-order chi connectivity index (χ1) is 17.6. The van der Waals surface area contributed by atoms with Crippen molar-refractivity contribution >= 4 is 29.5 Å². The fourth-order valence-electron chi connectivity index (χ4n) is 5.30. The number of hydrogen-bond acceptors (Lipinski definition) is 8. The van der Waals surface area contributed by atoms with E-state index in [1.807, 2.05) is 42.7 Å². The summed E-state index contributed by atoms with van der Waals surface area (Å²) >= 11 is 1.22. The number of pyridine rings is 2. The van der Waals surface area contributed by atoms with Crippen molar-refractivity contribution in [2.24, 2.45) is 5.92 Å². The van der Waals surface area contributed by atoms with Gasteiger partial charge in [-0.25, -0.2) is 19.9 Å². The molecule has 0 spiro atoms. The quantitative estimate of drug-likeness (QED) is 0.406. The number of fused-ring (bicyclic) bond motifs is 6. The summed E-state index contributed by atoms with van der Waals surface area (Å²) in [6.07, 6.45) is 8.26. The van der Waals surface area contributed by atoms with Crippen molar-refractivity contribution < 1.29 is 4.79 Å². The smallest absolute Gasteiger partial charge is 0.265 e. The first kappa shape index (κ1) is 25.4. The van der Waals surface area contributed by atoms with Crippen molar-refractivity contribution in [1.82, 2.24) is 24.7 Å². The maximum Gasteiger partial charge on any atom is 0.265 e. The van der Waals surface area contributed by atoms with E-state index < -0.39 is 0 Å². The lowest BCUT2D eigenvalue weighted by molar-refractivity contribution is 0.0984. The molecule has 0 aliphatic carbocycles. The van der Waals surface area contributed by atoms with Gasteiger partial charge in [0.2, 0.25) is 0 Å². The highest BCUT2D eigenvalue weighted by Crippen LogP contribution is 2.41. The SMILES string of the molecule is CC(C)(C)c1ccc2c(n1)N1C[C@@H](CCC(c3cncnc3)Nc3cccc(n3)SNC2=O)CC1(C)C. The van der Waals surface area contributed by atoms with Crippen LogP contribution in [-0.2, 0) is 5.41 Å². The molecule has 37 heavy (non-hydrogen) atoms. The number of rotatable bonds is 1. The fraction of sp³-hybridized carbons (Fsp3) is 0.464. The van der Waals surface area contributed by atoms with E-state index >= 15 is 0 Å². The summed E-state index contributed by atoms with van der Waals surface area (Å²) in [6, 6.07) is 9.73. The molecular formula is C28H35N7OS. The van der Waals surface area contributed by atoms with E-state index in [9.17, 15) is 4.79 Å². The molecule has 5 heterocycles. The third-order valence-electron chi connectivity index (χ3n) is 7.24. The second kappa shape index (κ2) is 9.93. The molecule has 1 saturated heterocycles. The Morgan fingerprint density at radius 1 is 1.05 bits per heavy atom. The number of aromatic nitrogens is 4. The number of carbonyl (C=O) groups is 1. The van der Waals surface area contributed by atoms with Crippen LogP contribution in [0.2, 0.25) is 0 Å². The second-order valence-electron chi connectivity index (χ2n) is 11.7. The van der Waals surface area contributed by atoms with Gasteiger partial charge in [-0.2, -0.15) is 0 Å². The average Bonchev–Trinajstić information content (AvgIpc) is 3.18. The Morgan fingerprint density at radius 2 is 1.84 bits per heavy atom. The molecule has 2 N–H and O–H groups in total. The second-order valence-corrected chi connectivity index (χ2v) is 12.5. The number of hydrogen-bond donors (Lipinski definition) is 2. The lowest BCUT2D eigenvalue weighted by Crippen LogP contribution is -2.40. The molecule has 3 aromatic rings. The zero-order valence-corrected chi connectivity index (χ0v) is 23.0. The summed E-state index contributed by atoms with van der Waals surface area (Å²) < 4.78 is 3.00. The van der Waals surface area contributed by atoms with Crippen molar-refractivity contribution in [1.29, 1.82) is 0 Å². The molecule has 0 aromatic carbocycles. The molecule has 3 aromatic heterocycles. The van der Waals surface area contributed by atoms with Gasteiger partial charge in [0.25, 0.3) is 5.91 Å². The van der Waals surface area contributed by atoms with Crippen LogP contribution in [0.25, 0.3) is 0 Å². The molecule has 194 valence electrons. The lowest BCUT2D eigenvalue weighted by atomic mass is 9.90. The normalized spacial score (nSPS) is 21.8. The van der Waals surface area contributed by atoms with E-state index in [2.05, 4.69) is 59.5 Å². The molecule has 2 aliphatic rings. The van der Waals surface area contributed by atoms with Gasteiger partial charge in [0.1, 0.15) is 23.0 Å². The molecule has 0 saturated carbocycles. The topological polar surface area (TPSA) is 95.9 Å². The predicted molar refractivity (Wildman–Crippen MR) is 148 cm³/mol. The van der Waals surface area contributed by atoms with Crippen LogP contribution in [0.4, 0.5) is 11.6 Å². The molecule has 2 atom stereocenters. The Bertz CT molecular complexity index is 1280. The molecule has 2 aliphatic heterocycles. The number of nitrogens with zero attached hydrogens (tertiary/aromatic N) is 5. The van der Waals surface area contributed by atoms with Crippen LogP contribution in [0.5, 0.6) is 0 Å². The van der Waals surface area contributed by atoms with Crippen LogP contribution < -0.4 is 14.9 Å². The van der Waals surface area contributed by atoms with E-state index in [0.29, 0.717) is 16.5 Å². The molecule has 1 unspecified atom stereocenters. The summed E-state index contributed by atoms with van der Waals surface area (Å²) in [5.74, 6) is 1.81. The van der Waals surface area contributed by atoms with Gasteiger partial charge in [-0.15, -0.1) is 0 Å². The van der Waals surface area contributed by atoms with Crippen molar-refractivity contribution in [2.45, 2.75) is 75.9 Å². The van der Waals surface area contributed by atoms with E-state index in [-0.39, 0.29) is 22.9 Å². The van der Waals surface area contributed by atoms with Gasteiger partial charge < -0.3 is 10.2 Å². The van der Waals surface area contributed by atoms with Crippen LogP contribution in [0.3, 0.4) is 0 Å². The highest BCUT2D eigenvalue weighted by Gasteiger charge is 2.41. The van der Waals surface area contributed by atoms with Gasteiger partial charge in [-0.3, -0.25) is 9.52 Å². The Balaban J connectivity index is 1.56. The minimum absolute atomic E-state index is 0.0312. The molecule has 1 fully saturated rings. The molecule has 9 heteroatoms. The Morgan fingerprint density at radius 3 is 2.59 bits per heavy atom. The largest absolute Gasteiger partial charge is 0.363 e. The molecule has 5 rings (SSSR count). The number of nitrogens with one attached hydrogen (secondary N) is 2. The summed E-state index contributed by atoms with van der Waals surface area (Å²) in [7, 11) is 0. The van der Waals surface area contributed by atoms with E-state index in [1.54, 1.807) is 6.33 Å². The Labute approximate surface area is 223 Å². The highest BCUT2D eigenvalue weighted by atomic mass is 32.2. The van der Waals surface area contributed by atoms with Gasteiger partial charge in [0, 0.05) is 53.1 Å². The maximum atomic E-state index is 13.5. The lowest BCUT2D eigenvalue weighted by Gasteiger charge is -2.34. The van der Waals surface area contributed by atoms with Crippen molar-refractivity contribution in [3.63, 3.8) is 0 Å². The Hall–Kier alpha value is -3.20. The maximum absolute atomic E-state index is 13.5. The van der Waals surface area contributed by atoms with Crippen LogP contribution in [0.15, 0.2) is 54.1 Å². The number of anilines is 2. The minimum atomic E-state index is -0.165. The molecular weight excluding hydrogens is 482 g/mol. The first-order valence-electron chi connectivity index (χ1n) is 12.8. The monoisotopic (exact) mass is 517 g/mol. The standard InChI is InChI=1S/C28H35N7OS/c1-27(2,3)22-12-10-20-25(32-22)35-16-18(13-28(35,4)5)9-11-21(19-14-29-17-30-15-19)31-23-7-6-8-24(33-23)37-34-26(20)36/h6-8,10,12,14-15,17-18,21H,9,11,13,16H2,1-5H3,(H,31,33)(H,34,36)/t18-,21?/m0/s1. The van der Waals surface area contributed by atoms with Crippen molar-refractivity contribution in [2.75, 3.05) is 16.8 Å². The molecule has 8 nitrogen and oxygen atoms in total. The van der Waals surface area contributed by atoms with Crippen LogP contribution in [0, 0.1) is 5.92 Å². The zero-order chi connectivity index (χ0) is 26.2. The van der Waals surface area contributed by atoms with E-state index in [1.165, 1.54) is 11.9 Å². The third kappa shape index (κ3) is 5.56. The van der Waals surface area contributed by atoms with E-state index in [0.717, 1.165) is 48.7 Å². The van der Waals surface area contributed by atoms with E-state index in [4.69, 9.17) is 9.97 Å². The van der Waals surface area contributed by atoms with Gasteiger partial charge in [0.05, 0.1) is 11.6 Å². The van der Waals surface area contributed by atoms with Crippen molar-refractivity contribution in [3.8, 4) is 0 Å². The van der Waals surface area contributed by atoms with Crippen LogP contribution >= 0.6 is 11.9 Å². The summed E-state index contributed by atoms with van der Waals surface area (Å²) in [5.41, 5.74) is 2.36. The van der Waals surface area contributed by atoms with Crippen LogP contribution in [-0.4, -0.2) is 37.9 Å². The third-order valence-corrected chi connectivity index (χ3v) is 7.97. The fourth-order valence-corrected chi connectivity index (χ4v) is 5.90. The average molecular weight is 518 g/mol. The Kier molecular flexibility index (Phi) is 6.83. The molecule has 4 bridgehead atoms. The summed E-state index contributed by atoms with van der Waals surface area (Å²) in [5, 5.41) is 4.30. The summed E-state index contributed by atoms with van der Waals surface area (Å²) in [6.45, 7) is 11.8. The number of amides is 1. The zero-order valence-electron chi connectivity index (χ0n) is 22.2. The highest BCUT2D eigenvalue weighted by molar-refractivity contribution is 7.97. The minimum Gasteiger partial charge on any atom is -0.363 e. The predicted octanol–water partition coefficient (Wildman–Crippen LogP) is 5.55. The first-order valence-corrected chi connectivity index (χ1v) is 13.7. The summed E-state index contributed by atoms with van der Waals surface area (Å²) in [4.78, 5) is 34.2. The van der Waals surface area contributed by atoms with Gasteiger partial charge in [-0.05, 0) is 63.3 Å². The van der Waals surface area contributed by atoms with Gasteiger partial charge in [0.15, 0.2) is 0 Å². The van der Waals surface area contributed by atoms with Gasteiger partial charge >= 0.3 is 0 Å². The van der Waals surface area contributed by atoms with Crippen molar-refractivity contribution in [3.05, 3.63) is 65.9 Å². The molecule has 1 amide bonds. The number of carbonyl (C=O) groups excluding carboxylic acids is 1. The van der Waals surface area contributed by atoms with Crippen LogP contribution in [0.1, 0.15) is 81.5 Å².